The summed E-state index contributed by atoms with van der Waals surface area (Å²) >= 11 is 0. The number of hydrogen-bond donors (Lipinski definition) is 4. The minimum absolute atomic E-state index is 0.0185. The third-order valence-corrected chi connectivity index (χ3v) is 12.8. The summed E-state index contributed by atoms with van der Waals surface area (Å²) in [6.45, 7) is 8.70. The van der Waals surface area contributed by atoms with Crippen molar-refractivity contribution in [1.29, 1.82) is 0 Å². The monoisotopic (exact) mass is 1220 g/mol. The van der Waals surface area contributed by atoms with Gasteiger partial charge in [0.05, 0.1) is 144 Å². The number of carbonyl (C=O) groups excluding carboxylic acids is 6. The second-order valence-corrected chi connectivity index (χ2v) is 19.5. The minimum atomic E-state index is -1.11. The SMILES string of the molecule is C1=C/CCCCCC/1.CN1Cc2ccccc2C#Cc2ccccc21.O=CCCC(=O)NCCOCCOCCOCCN(CCOCCOCCOCCNC(=O)O)C(=O)CCOCCOCCOCCOCCNC(=O)CCN1C(=O)C=CC1=O. The van der Waals surface area contributed by atoms with Crippen LogP contribution in [0.3, 0.4) is 0 Å². The molecule has 0 fully saturated rings. The zero-order chi connectivity index (χ0) is 62.5. The summed E-state index contributed by atoms with van der Waals surface area (Å²) in [6, 6.07) is 16.6. The van der Waals surface area contributed by atoms with Crippen LogP contribution in [0.4, 0.5) is 10.5 Å². The van der Waals surface area contributed by atoms with Gasteiger partial charge in [-0.05, 0) is 49.4 Å². The maximum Gasteiger partial charge on any atom is 0.404 e. The third kappa shape index (κ3) is 39.0. The van der Waals surface area contributed by atoms with Crippen LogP contribution < -0.4 is 20.9 Å². The number of imide groups is 1. The number of benzene rings is 2. The number of fused-ring (bicyclic) bond motifs is 2. The number of amides is 6. The quantitative estimate of drug-likeness (QED) is 0.0239. The Morgan fingerprint density at radius 1 is 0.529 bits per heavy atom. The Kier molecular flexibility index (Phi) is 44.1. The van der Waals surface area contributed by atoms with Gasteiger partial charge in [-0.15, -0.1) is 0 Å². The molecule has 0 aromatic heterocycles. The van der Waals surface area contributed by atoms with Crippen LogP contribution in [0.5, 0.6) is 0 Å². The number of para-hydroxylation sites is 1. The van der Waals surface area contributed by atoms with Crippen molar-refractivity contribution >= 4 is 47.6 Å². The van der Waals surface area contributed by atoms with Crippen molar-refractivity contribution in [2.45, 2.75) is 70.8 Å². The first-order valence-electron chi connectivity index (χ1n) is 30.2. The summed E-state index contributed by atoms with van der Waals surface area (Å²) in [7, 11) is 2.11. The van der Waals surface area contributed by atoms with Crippen molar-refractivity contribution in [3.05, 3.63) is 89.5 Å². The second kappa shape index (κ2) is 51.4. The maximum absolute atomic E-state index is 13.0. The van der Waals surface area contributed by atoms with Gasteiger partial charge < -0.3 is 83.0 Å². The van der Waals surface area contributed by atoms with Crippen LogP contribution in [-0.4, -0.2) is 235 Å². The molecule has 24 nitrogen and oxygen atoms in total. The number of anilines is 1. The van der Waals surface area contributed by atoms with E-state index in [0.717, 1.165) is 22.6 Å². The molecule has 2 aliphatic heterocycles. The number of aldehydes is 1. The Bertz CT molecular complexity index is 2340. The summed E-state index contributed by atoms with van der Waals surface area (Å²) in [5.41, 5.74) is 4.73. The lowest BCUT2D eigenvalue weighted by atomic mass is 10.0. The first kappa shape index (κ1) is 74.6. The van der Waals surface area contributed by atoms with E-state index in [1.807, 2.05) is 12.1 Å². The fourth-order valence-electron chi connectivity index (χ4n) is 8.14. The Morgan fingerprint density at radius 3 is 1.46 bits per heavy atom. The van der Waals surface area contributed by atoms with E-state index in [1.165, 1.54) is 61.9 Å². The zero-order valence-corrected chi connectivity index (χ0v) is 50.9. The molecule has 4 N–H and O–H groups in total. The highest BCUT2D eigenvalue weighted by molar-refractivity contribution is 6.13. The highest BCUT2D eigenvalue weighted by Gasteiger charge is 2.23. The topological polar surface area (TPSA) is 278 Å². The summed E-state index contributed by atoms with van der Waals surface area (Å²) in [5, 5.41) is 16.1. The smallest absolute Gasteiger partial charge is 0.404 e. The van der Waals surface area contributed by atoms with Crippen LogP contribution in [0.1, 0.15) is 80.9 Å². The summed E-state index contributed by atoms with van der Waals surface area (Å²) < 4.78 is 54.9. The van der Waals surface area contributed by atoms with Gasteiger partial charge in [0.1, 0.15) is 6.29 Å². The molecule has 0 saturated carbocycles. The highest BCUT2D eigenvalue weighted by Crippen LogP contribution is 2.23. The zero-order valence-electron chi connectivity index (χ0n) is 50.9. The van der Waals surface area contributed by atoms with Crippen LogP contribution >= 0.6 is 0 Å². The normalized spacial score (nSPS) is 13.6. The Balaban J connectivity index is 0.000000635. The van der Waals surface area contributed by atoms with E-state index in [1.54, 1.807) is 4.90 Å². The lowest BCUT2D eigenvalue weighted by Gasteiger charge is -2.23. The van der Waals surface area contributed by atoms with Gasteiger partial charge in [0.15, 0.2) is 0 Å². The number of nitrogens with zero attached hydrogens (tertiary/aromatic N) is 3. The number of ether oxygens (including phenoxy) is 10. The standard InChI is InChI=1S/C39H67N5O18.C16H13N.C8H14/c45-13-1-2-34(46)40-7-15-54-21-27-60-30-24-57-18-11-43(12-19-58-25-31-61-29-23-56-17-9-42-39(51)52)36(48)6-14-53-20-26-59-32-33-62-28-22-55-16-8-41-35(47)5-10-44-37(49)3-4-38(44)50;1-17-12-15-8-3-2-6-13(15)10-11-14-7-4-5-9-16(14)17;1-2-4-6-8-7-5-3-1/h3-4,13,42H,1-2,5-12,14-33H2,(H,40,46)(H,41,47)(H,51,52);2-9H,12H2,1H3;1-2H,3-8H2/b;;2-1+. The van der Waals surface area contributed by atoms with Crippen LogP contribution in [0, 0.1) is 11.8 Å². The Labute approximate surface area is 513 Å². The second-order valence-electron chi connectivity index (χ2n) is 19.5. The van der Waals surface area contributed by atoms with Crippen LogP contribution in [0.2, 0.25) is 0 Å². The van der Waals surface area contributed by atoms with Gasteiger partial charge in [-0.1, -0.05) is 67.2 Å². The van der Waals surface area contributed by atoms with Gasteiger partial charge in [-0.25, -0.2) is 4.79 Å². The molecular weight excluding hydrogens is 1130 g/mol. The fourth-order valence-corrected chi connectivity index (χ4v) is 8.14. The molecule has 0 spiro atoms. The molecule has 0 radical (unpaired) electrons. The number of carboxylic acid groups (broad SMARTS) is 1. The van der Waals surface area contributed by atoms with Crippen LogP contribution in [-0.2, 0) is 82.7 Å². The largest absolute Gasteiger partial charge is 0.465 e. The average Bonchev–Trinajstić information content (AvgIpc) is 3.80. The number of rotatable bonds is 45. The van der Waals surface area contributed by atoms with E-state index in [0.29, 0.717) is 125 Å². The van der Waals surface area contributed by atoms with E-state index in [-0.39, 0.29) is 96.1 Å². The first-order valence-corrected chi connectivity index (χ1v) is 30.2. The molecule has 0 saturated heterocycles. The van der Waals surface area contributed by atoms with Gasteiger partial charge in [-0.2, -0.15) is 0 Å². The molecule has 2 aromatic rings. The average molecular weight is 1220 g/mol. The molecule has 484 valence electrons. The Morgan fingerprint density at radius 2 is 0.954 bits per heavy atom. The first-order chi connectivity index (χ1) is 42.6. The van der Waals surface area contributed by atoms with E-state index in [4.69, 9.17) is 52.5 Å². The highest BCUT2D eigenvalue weighted by atomic mass is 16.6. The summed E-state index contributed by atoms with van der Waals surface area (Å²) in [5.74, 6) is 5.08. The molecule has 87 heavy (non-hydrogen) atoms. The summed E-state index contributed by atoms with van der Waals surface area (Å²) in [4.78, 5) is 85.0. The molecule has 3 aliphatic rings. The lowest BCUT2D eigenvalue weighted by molar-refractivity contribution is -0.137. The Hall–Kier alpha value is -6.63. The molecule has 5 rings (SSSR count). The minimum Gasteiger partial charge on any atom is -0.465 e. The van der Waals surface area contributed by atoms with Crippen molar-refractivity contribution in [1.82, 2.24) is 25.8 Å². The molecule has 2 aromatic carbocycles. The molecule has 0 bridgehead atoms. The van der Waals surface area contributed by atoms with E-state index >= 15 is 0 Å². The van der Waals surface area contributed by atoms with Gasteiger partial charge in [-0.3, -0.25) is 28.9 Å². The number of allylic oxidation sites excluding steroid dienone is 2. The number of carbonyl (C=O) groups is 7. The van der Waals surface area contributed by atoms with Crippen LogP contribution in [0.15, 0.2) is 72.8 Å². The molecule has 6 amide bonds. The van der Waals surface area contributed by atoms with Crippen LogP contribution in [0.25, 0.3) is 0 Å². The fraction of sp³-hybridized carbons (Fsp3) is 0.603. The van der Waals surface area contributed by atoms with Crippen molar-refractivity contribution in [2.24, 2.45) is 0 Å². The third-order valence-electron chi connectivity index (χ3n) is 12.8. The molecule has 2 heterocycles. The molecule has 0 atom stereocenters. The van der Waals surface area contributed by atoms with Gasteiger partial charge in [0.25, 0.3) is 11.8 Å². The van der Waals surface area contributed by atoms with Gasteiger partial charge >= 0.3 is 6.09 Å². The van der Waals surface area contributed by atoms with Crippen molar-refractivity contribution < 1.29 is 86.0 Å². The lowest BCUT2D eigenvalue weighted by Crippen LogP contribution is -2.37. The molecule has 24 heteroatoms. The van der Waals surface area contributed by atoms with Crippen molar-refractivity contribution in [3.63, 3.8) is 0 Å². The number of hydrogen-bond acceptors (Lipinski definition) is 18. The van der Waals surface area contributed by atoms with Crippen molar-refractivity contribution in [3.8, 4) is 11.8 Å². The molecule has 1 aliphatic carbocycles. The van der Waals surface area contributed by atoms with E-state index in [2.05, 4.69) is 88.3 Å². The predicted molar refractivity (Wildman–Crippen MR) is 325 cm³/mol. The van der Waals surface area contributed by atoms with Crippen molar-refractivity contribution in [2.75, 3.05) is 183 Å². The van der Waals surface area contributed by atoms with Gasteiger partial charge in [0.2, 0.25) is 17.7 Å². The van der Waals surface area contributed by atoms with Gasteiger partial charge in [0, 0.05) is 95.4 Å². The summed E-state index contributed by atoms with van der Waals surface area (Å²) in [6.07, 6.45) is 15.5. The predicted octanol–water partition coefficient (Wildman–Crippen LogP) is 4.10. The molecule has 0 unspecified atom stereocenters. The van der Waals surface area contributed by atoms with E-state index < -0.39 is 17.9 Å². The maximum atomic E-state index is 13.0. The molecular formula is C63H94N6O18. The number of nitrogens with one attached hydrogen (secondary N) is 3. The van der Waals surface area contributed by atoms with E-state index in [9.17, 15) is 33.6 Å².